The Hall–Kier alpha value is -1.32. The normalized spacial score (nSPS) is 27.7. The van der Waals surface area contributed by atoms with Crippen LogP contribution in [0.25, 0.3) is 0 Å². The smallest absolute Gasteiger partial charge is 0.246 e. The van der Waals surface area contributed by atoms with Gasteiger partial charge in [-0.1, -0.05) is 19.9 Å². The molecular weight excluding hydrogens is 240 g/mol. The van der Waals surface area contributed by atoms with Gasteiger partial charge >= 0.3 is 0 Å². The highest BCUT2D eigenvalue weighted by atomic mass is 16.2. The lowest BCUT2D eigenvalue weighted by atomic mass is 9.90. The maximum Gasteiger partial charge on any atom is 0.246 e. The van der Waals surface area contributed by atoms with Crippen molar-refractivity contribution in [1.82, 2.24) is 9.80 Å². The van der Waals surface area contributed by atoms with E-state index in [4.69, 9.17) is 0 Å². The van der Waals surface area contributed by atoms with Crippen molar-refractivity contribution in [3.05, 3.63) is 12.7 Å². The van der Waals surface area contributed by atoms with E-state index in [0.717, 1.165) is 32.2 Å². The third kappa shape index (κ3) is 2.53. The molecule has 4 heteroatoms. The van der Waals surface area contributed by atoms with E-state index in [0.29, 0.717) is 6.54 Å². The average Bonchev–Trinajstić information content (AvgIpc) is 2.40. The van der Waals surface area contributed by atoms with E-state index >= 15 is 0 Å². The standard InChI is InChI=1S/C15H24N2O2/c1-4-5-9-17-13(11(2)3)15(19)16-10-7-6-8-12(16)14(17)18/h4,11-13H,1,5-10H2,2-3H3. The Kier molecular flexibility index (Phi) is 4.27. The number of piperazine rings is 1. The van der Waals surface area contributed by atoms with Gasteiger partial charge in [0.1, 0.15) is 12.1 Å². The first kappa shape index (κ1) is 14.1. The minimum absolute atomic E-state index is 0.139. The van der Waals surface area contributed by atoms with Gasteiger partial charge in [-0.05, 0) is 31.6 Å². The van der Waals surface area contributed by atoms with Crippen molar-refractivity contribution in [1.29, 1.82) is 0 Å². The molecule has 4 nitrogen and oxygen atoms in total. The SMILES string of the molecule is C=CCCN1C(=O)C2CCCCN2C(=O)C1C(C)C. The minimum Gasteiger partial charge on any atom is -0.329 e. The Balaban J connectivity index is 2.26. The molecule has 2 fully saturated rings. The second-order valence-electron chi connectivity index (χ2n) is 5.84. The van der Waals surface area contributed by atoms with Crippen molar-refractivity contribution in [3.63, 3.8) is 0 Å². The molecule has 0 spiro atoms. The molecule has 2 aliphatic rings. The maximum atomic E-state index is 12.6. The van der Waals surface area contributed by atoms with Crippen LogP contribution in [0.5, 0.6) is 0 Å². The largest absolute Gasteiger partial charge is 0.329 e. The summed E-state index contributed by atoms with van der Waals surface area (Å²) in [6.07, 6.45) is 5.44. The summed E-state index contributed by atoms with van der Waals surface area (Å²) in [5, 5.41) is 0. The third-order valence-electron chi connectivity index (χ3n) is 4.15. The van der Waals surface area contributed by atoms with Crippen LogP contribution in [-0.2, 0) is 9.59 Å². The first-order chi connectivity index (χ1) is 9.07. The second kappa shape index (κ2) is 5.76. The summed E-state index contributed by atoms with van der Waals surface area (Å²) in [4.78, 5) is 28.9. The summed E-state index contributed by atoms with van der Waals surface area (Å²) in [5.74, 6) is 0.437. The van der Waals surface area contributed by atoms with Crippen molar-refractivity contribution >= 4 is 11.8 Å². The number of carbonyl (C=O) groups is 2. The molecule has 0 aliphatic carbocycles. The molecule has 0 aromatic carbocycles. The van der Waals surface area contributed by atoms with Crippen LogP contribution in [0.2, 0.25) is 0 Å². The molecule has 0 N–H and O–H groups in total. The van der Waals surface area contributed by atoms with E-state index in [9.17, 15) is 9.59 Å². The lowest BCUT2D eigenvalue weighted by Gasteiger charge is -2.48. The van der Waals surface area contributed by atoms with Crippen molar-refractivity contribution in [2.75, 3.05) is 13.1 Å². The maximum absolute atomic E-state index is 12.6. The van der Waals surface area contributed by atoms with Crippen LogP contribution in [0.4, 0.5) is 0 Å². The Bertz CT molecular complexity index is 378. The Morgan fingerprint density at radius 3 is 2.68 bits per heavy atom. The van der Waals surface area contributed by atoms with Gasteiger partial charge in [-0.3, -0.25) is 9.59 Å². The van der Waals surface area contributed by atoms with Crippen molar-refractivity contribution in [2.45, 2.75) is 51.6 Å². The van der Waals surface area contributed by atoms with Gasteiger partial charge in [0.25, 0.3) is 0 Å². The number of piperidine rings is 1. The van der Waals surface area contributed by atoms with Crippen LogP contribution in [0.15, 0.2) is 12.7 Å². The van der Waals surface area contributed by atoms with Gasteiger partial charge < -0.3 is 9.80 Å². The summed E-state index contributed by atoms with van der Waals surface area (Å²) in [5.41, 5.74) is 0. The van der Waals surface area contributed by atoms with Gasteiger partial charge in [0.05, 0.1) is 0 Å². The lowest BCUT2D eigenvalue weighted by molar-refractivity contribution is -0.165. The van der Waals surface area contributed by atoms with Gasteiger partial charge in [0.15, 0.2) is 0 Å². The molecule has 2 rings (SSSR count). The average molecular weight is 264 g/mol. The Labute approximate surface area is 115 Å². The van der Waals surface area contributed by atoms with Gasteiger partial charge in [-0.15, -0.1) is 6.58 Å². The second-order valence-corrected chi connectivity index (χ2v) is 5.84. The molecule has 2 heterocycles. The van der Waals surface area contributed by atoms with Crippen LogP contribution >= 0.6 is 0 Å². The number of amides is 2. The van der Waals surface area contributed by atoms with Crippen LogP contribution in [0.3, 0.4) is 0 Å². The number of fused-ring (bicyclic) bond motifs is 1. The van der Waals surface area contributed by atoms with Crippen LogP contribution < -0.4 is 0 Å². The monoisotopic (exact) mass is 264 g/mol. The molecule has 0 radical (unpaired) electrons. The molecule has 106 valence electrons. The molecule has 0 aromatic heterocycles. The van der Waals surface area contributed by atoms with Gasteiger partial charge in [-0.25, -0.2) is 0 Å². The molecule has 19 heavy (non-hydrogen) atoms. The summed E-state index contributed by atoms with van der Waals surface area (Å²) in [6.45, 7) is 9.09. The summed E-state index contributed by atoms with van der Waals surface area (Å²) in [6, 6.07) is -0.497. The highest BCUT2D eigenvalue weighted by Crippen LogP contribution is 2.29. The van der Waals surface area contributed by atoms with Crippen LogP contribution in [-0.4, -0.2) is 46.8 Å². The fraction of sp³-hybridized carbons (Fsp3) is 0.733. The summed E-state index contributed by atoms with van der Waals surface area (Å²) >= 11 is 0. The molecule has 0 bridgehead atoms. The first-order valence-corrected chi connectivity index (χ1v) is 7.29. The topological polar surface area (TPSA) is 40.6 Å². The molecule has 2 unspecified atom stereocenters. The highest BCUT2D eigenvalue weighted by molar-refractivity contribution is 5.97. The van der Waals surface area contributed by atoms with E-state index in [1.807, 2.05) is 24.8 Å². The van der Waals surface area contributed by atoms with E-state index in [-0.39, 0.29) is 29.8 Å². The van der Waals surface area contributed by atoms with E-state index in [1.165, 1.54) is 0 Å². The minimum atomic E-state index is -0.290. The van der Waals surface area contributed by atoms with Gasteiger partial charge in [0, 0.05) is 13.1 Å². The fourth-order valence-corrected chi connectivity index (χ4v) is 3.21. The molecular formula is C15H24N2O2. The fourth-order valence-electron chi connectivity index (χ4n) is 3.21. The zero-order valence-electron chi connectivity index (χ0n) is 12.0. The number of nitrogens with zero attached hydrogens (tertiary/aromatic N) is 2. The molecule has 2 amide bonds. The molecule has 2 saturated heterocycles. The predicted octanol–water partition coefficient (Wildman–Crippen LogP) is 1.81. The highest BCUT2D eigenvalue weighted by Gasteiger charge is 2.47. The van der Waals surface area contributed by atoms with Crippen LogP contribution in [0, 0.1) is 5.92 Å². The molecule has 2 aliphatic heterocycles. The number of carbonyl (C=O) groups excluding carboxylic acids is 2. The van der Waals surface area contributed by atoms with E-state index in [1.54, 1.807) is 4.90 Å². The van der Waals surface area contributed by atoms with Crippen molar-refractivity contribution in [3.8, 4) is 0 Å². The van der Waals surface area contributed by atoms with E-state index in [2.05, 4.69) is 6.58 Å². The van der Waals surface area contributed by atoms with Gasteiger partial charge in [0.2, 0.25) is 11.8 Å². The number of rotatable bonds is 4. The molecule has 2 atom stereocenters. The Morgan fingerprint density at radius 1 is 1.32 bits per heavy atom. The van der Waals surface area contributed by atoms with Gasteiger partial charge in [-0.2, -0.15) is 0 Å². The van der Waals surface area contributed by atoms with Crippen molar-refractivity contribution < 1.29 is 9.59 Å². The number of hydrogen-bond acceptors (Lipinski definition) is 2. The third-order valence-corrected chi connectivity index (χ3v) is 4.15. The molecule has 0 saturated carbocycles. The first-order valence-electron chi connectivity index (χ1n) is 7.29. The lowest BCUT2D eigenvalue weighted by Crippen LogP contribution is -2.67. The zero-order chi connectivity index (χ0) is 14.0. The van der Waals surface area contributed by atoms with E-state index < -0.39 is 0 Å². The summed E-state index contributed by atoms with van der Waals surface area (Å²) < 4.78 is 0. The van der Waals surface area contributed by atoms with Crippen LogP contribution in [0.1, 0.15) is 39.5 Å². The zero-order valence-corrected chi connectivity index (χ0v) is 12.0. The predicted molar refractivity (Wildman–Crippen MR) is 74.5 cm³/mol. The number of hydrogen-bond donors (Lipinski definition) is 0. The molecule has 0 aromatic rings. The Morgan fingerprint density at radius 2 is 2.05 bits per heavy atom. The summed E-state index contributed by atoms with van der Waals surface area (Å²) in [7, 11) is 0. The quantitative estimate of drug-likeness (QED) is 0.727. The van der Waals surface area contributed by atoms with Crippen molar-refractivity contribution in [2.24, 2.45) is 5.92 Å².